The van der Waals surface area contributed by atoms with Crippen molar-refractivity contribution in [2.24, 2.45) is 5.73 Å². The summed E-state index contributed by atoms with van der Waals surface area (Å²) in [7, 11) is 0. The molecular formula is C23H23N7O5S2. The molecule has 3 amide bonds. The van der Waals surface area contributed by atoms with Crippen LogP contribution in [0.5, 0.6) is 0 Å². The summed E-state index contributed by atoms with van der Waals surface area (Å²) in [5.74, 6) is -2.00. The number of amides is 3. The van der Waals surface area contributed by atoms with Gasteiger partial charge in [-0.15, -0.1) is 22.0 Å². The van der Waals surface area contributed by atoms with Crippen molar-refractivity contribution in [2.75, 3.05) is 17.6 Å². The number of allylic oxidation sites excluding steroid dienone is 1. The number of carbonyl (C=O) groups is 4. The molecule has 12 nitrogen and oxygen atoms in total. The van der Waals surface area contributed by atoms with Gasteiger partial charge in [0.05, 0.1) is 11.7 Å². The molecule has 0 bridgehead atoms. The number of nitrogens with two attached hydrogens (primary N) is 1. The first kappa shape index (κ1) is 25.0. The lowest BCUT2D eigenvalue weighted by molar-refractivity contribution is -0.684. The van der Waals surface area contributed by atoms with Crippen LogP contribution in [0.4, 0.5) is 5.13 Å². The van der Waals surface area contributed by atoms with Crippen LogP contribution in [0.25, 0.3) is 0 Å². The van der Waals surface area contributed by atoms with E-state index in [-0.39, 0.29) is 24.1 Å². The van der Waals surface area contributed by atoms with E-state index in [1.807, 2.05) is 19.1 Å². The van der Waals surface area contributed by atoms with E-state index in [9.17, 15) is 24.3 Å². The number of thioether (sulfide) groups is 1. The van der Waals surface area contributed by atoms with Crippen molar-refractivity contribution < 1.29 is 28.9 Å². The highest BCUT2D eigenvalue weighted by Gasteiger charge is 2.50. The van der Waals surface area contributed by atoms with Crippen LogP contribution in [0.3, 0.4) is 0 Å². The first-order valence-electron chi connectivity index (χ1n) is 11.4. The molecule has 2 aromatic rings. The van der Waals surface area contributed by atoms with Gasteiger partial charge in [0.1, 0.15) is 16.4 Å². The average molecular weight is 542 g/mol. The fraction of sp³-hybridized carbons (Fsp3) is 0.348. The largest absolute Gasteiger partial charge is 0.543 e. The van der Waals surface area contributed by atoms with Crippen LogP contribution >= 0.6 is 23.1 Å². The minimum absolute atomic E-state index is 0.105. The summed E-state index contributed by atoms with van der Waals surface area (Å²) in [5, 5.41) is 23.0. The molecule has 3 N–H and O–H groups in total. The standard InChI is InChI=1S/C23H23N7O5S2/c1-12-26-27-23(37-12)25-16(31)10-28-5-2-13(3-6-28)9-29-7-4-14(19(29)32)8-15-11-36-21-17(24)20(33)30(21)18(15)22(34)35/h2-3,5-6,8,17,21H,4,7,9-11,24H2,1H3,(H-,25,27,31,34,35)/b14-8+/t17-,21-/m1/s1. The number of anilines is 1. The molecule has 14 heteroatoms. The molecule has 2 aromatic heterocycles. The first-order chi connectivity index (χ1) is 17.7. The van der Waals surface area contributed by atoms with E-state index in [1.165, 1.54) is 23.1 Å². The second-order valence-corrected chi connectivity index (χ2v) is 11.1. The van der Waals surface area contributed by atoms with Crippen LogP contribution in [0, 0.1) is 6.92 Å². The first-order valence-corrected chi connectivity index (χ1v) is 13.3. The van der Waals surface area contributed by atoms with Crippen molar-refractivity contribution >= 4 is 51.9 Å². The number of carbonyl (C=O) groups excluding carboxylic acids is 4. The molecule has 3 aliphatic heterocycles. The summed E-state index contributed by atoms with van der Waals surface area (Å²) in [5.41, 5.74) is 7.33. The predicted molar refractivity (Wildman–Crippen MR) is 131 cm³/mol. The lowest BCUT2D eigenvalue weighted by Gasteiger charge is -2.49. The number of nitrogens with zero attached hydrogens (tertiary/aromatic N) is 5. The third-order valence-electron chi connectivity index (χ3n) is 6.23. The Morgan fingerprint density at radius 3 is 2.73 bits per heavy atom. The number of aromatic nitrogens is 3. The van der Waals surface area contributed by atoms with E-state index in [1.54, 1.807) is 27.9 Å². The Labute approximate surface area is 219 Å². The van der Waals surface area contributed by atoms with E-state index >= 15 is 0 Å². The molecule has 5 rings (SSSR count). The van der Waals surface area contributed by atoms with Gasteiger partial charge in [0, 0.05) is 36.5 Å². The fourth-order valence-electron chi connectivity index (χ4n) is 4.39. The number of β-lactam (4-membered cyclic amide) rings is 1. The van der Waals surface area contributed by atoms with Crippen LogP contribution in [0.15, 0.2) is 47.4 Å². The molecule has 0 spiro atoms. The number of aryl methyl sites for hydroxylation is 1. The van der Waals surface area contributed by atoms with Crippen LogP contribution in [-0.4, -0.2) is 67.4 Å². The average Bonchev–Trinajstić information content (AvgIpc) is 3.43. The van der Waals surface area contributed by atoms with Crippen molar-refractivity contribution in [3.8, 4) is 0 Å². The SMILES string of the molecule is Cc1nnc(NC(=O)C[n+]2ccc(CN3CC/C(=C\C4=C(C(=O)[O-])N5C(=O)[C@@H](N)[C@H]5SC4)C3=O)cc2)s1. The molecule has 3 aliphatic rings. The third kappa shape index (κ3) is 4.99. The zero-order chi connectivity index (χ0) is 26.3. The summed E-state index contributed by atoms with van der Waals surface area (Å²) in [6, 6.07) is 2.95. The number of aliphatic carboxylic acids is 1. The Bertz CT molecular complexity index is 1350. The lowest BCUT2D eigenvalue weighted by Crippen LogP contribution is -2.69. The number of carboxylic acid groups (broad SMARTS) is 1. The van der Waals surface area contributed by atoms with Crippen LogP contribution in [-0.2, 0) is 32.3 Å². The maximum Gasteiger partial charge on any atom is 0.292 e. The Kier molecular flexibility index (Phi) is 6.79. The van der Waals surface area contributed by atoms with Gasteiger partial charge in [-0.3, -0.25) is 24.6 Å². The molecule has 0 aliphatic carbocycles. The molecule has 2 saturated heterocycles. The monoisotopic (exact) mass is 541 g/mol. The smallest absolute Gasteiger partial charge is 0.292 e. The van der Waals surface area contributed by atoms with E-state index in [2.05, 4.69) is 15.5 Å². The van der Waals surface area contributed by atoms with Gasteiger partial charge < -0.3 is 20.5 Å². The predicted octanol–water partition coefficient (Wildman–Crippen LogP) is -1.32. The number of hydrogen-bond acceptors (Lipinski definition) is 10. The third-order valence-corrected chi connectivity index (χ3v) is 8.30. The second-order valence-electron chi connectivity index (χ2n) is 8.80. The minimum Gasteiger partial charge on any atom is -0.543 e. The van der Waals surface area contributed by atoms with Gasteiger partial charge >= 0.3 is 0 Å². The Morgan fingerprint density at radius 2 is 2.05 bits per heavy atom. The topological polar surface area (TPSA) is 166 Å². The van der Waals surface area contributed by atoms with Crippen LogP contribution in [0.1, 0.15) is 17.0 Å². The van der Waals surface area contributed by atoms with E-state index in [4.69, 9.17) is 5.73 Å². The zero-order valence-electron chi connectivity index (χ0n) is 19.7. The molecule has 2 fully saturated rings. The second kappa shape index (κ2) is 10.0. The Balaban J connectivity index is 1.22. The van der Waals surface area contributed by atoms with Gasteiger partial charge in [0.2, 0.25) is 23.5 Å². The van der Waals surface area contributed by atoms with Gasteiger partial charge in [-0.25, -0.2) is 0 Å². The summed E-state index contributed by atoms with van der Waals surface area (Å²) in [6.45, 7) is 2.77. The molecule has 192 valence electrons. The summed E-state index contributed by atoms with van der Waals surface area (Å²) < 4.78 is 1.72. The van der Waals surface area contributed by atoms with E-state index in [0.717, 1.165) is 15.5 Å². The fourth-order valence-corrected chi connectivity index (χ4v) is 6.25. The maximum absolute atomic E-state index is 13.0. The van der Waals surface area contributed by atoms with Crippen molar-refractivity contribution in [1.29, 1.82) is 0 Å². The van der Waals surface area contributed by atoms with Gasteiger partial charge in [-0.1, -0.05) is 11.3 Å². The summed E-state index contributed by atoms with van der Waals surface area (Å²) in [6.07, 6.45) is 5.56. The number of pyridine rings is 1. The van der Waals surface area contributed by atoms with Crippen molar-refractivity contribution in [1.82, 2.24) is 20.0 Å². The number of rotatable bonds is 7. The maximum atomic E-state index is 13.0. The highest BCUT2D eigenvalue weighted by molar-refractivity contribution is 8.00. The number of fused-ring (bicyclic) bond motifs is 1. The molecule has 37 heavy (non-hydrogen) atoms. The molecule has 0 saturated carbocycles. The number of carboxylic acids is 1. The lowest BCUT2D eigenvalue weighted by atomic mass is 10.0. The highest BCUT2D eigenvalue weighted by atomic mass is 32.2. The highest BCUT2D eigenvalue weighted by Crippen LogP contribution is 2.40. The van der Waals surface area contributed by atoms with Crippen LogP contribution < -0.4 is 20.7 Å². The van der Waals surface area contributed by atoms with Gasteiger partial charge in [0.25, 0.3) is 5.91 Å². The quantitative estimate of drug-likeness (QED) is 0.246. The van der Waals surface area contributed by atoms with Crippen LogP contribution in [0.2, 0.25) is 0 Å². The Hall–Kier alpha value is -3.62. The Morgan fingerprint density at radius 1 is 1.30 bits per heavy atom. The zero-order valence-corrected chi connectivity index (χ0v) is 21.4. The van der Waals surface area contributed by atoms with E-state index in [0.29, 0.717) is 41.5 Å². The van der Waals surface area contributed by atoms with Gasteiger partial charge in [0.15, 0.2) is 12.4 Å². The number of hydrogen-bond donors (Lipinski definition) is 2. The summed E-state index contributed by atoms with van der Waals surface area (Å²) in [4.78, 5) is 52.0. The molecule has 0 aromatic carbocycles. The van der Waals surface area contributed by atoms with Gasteiger partial charge in [-0.2, -0.15) is 4.57 Å². The normalized spacial score (nSPS) is 22.4. The summed E-state index contributed by atoms with van der Waals surface area (Å²) >= 11 is 2.67. The molecular weight excluding hydrogens is 518 g/mol. The van der Waals surface area contributed by atoms with Crippen molar-refractivity contribution in [3.63, 3.8) is 0 Å². The van der Waals surface area contributed by atoms with Crippen molar-refractivity contribution in [2.45, 2.75) is 37.8 Å². The minimum atomic E-state index is -1.45. The van der Waals surface area contributed by atoms with Crippen molar-refractivity contribution in [3.05, 3.63) is 58.0 Å². The van der Waals surface area contributed by atoms with Gasteiger partial charge in [-0.05, 0) is 30.6 Å². The van der Waals surface area contributed by atoms with E-state index < -0.39 is 23.3 Å². The molecule has 0 unspecified atom stereocenters. The number of likely N-dealkylation sites (tertiary alicyclic amines) is 1. The number of nitrogens with one attached hydrogen (secondary N) is 1. The molecule has 2 atom stereocenters. The molecule has 0 radical (unpaired) electrons. The molecule has 5 heterocycles.